The highest BCUT2D eigenvalue weighted by atomic mass is 32.2. The second kappa shape index (κ2) is 3.71. The normalized spacial score (nSPS) is 19.1. The third-order valence-electron chi connectivity index (χ3n) is 2.90. The number of hydrogen-bond donors (Lipinski definition) is 2. The van der Waals surface area contributed by atoms with Gasteiger partial charge in [0.25, 0.3) is 0 Å². The van der Waals surface area contributed by atoms with E-state index in [4.69, 9.17) is 0 Å². The number of sulfonamides is 1. The van der Waals surface area contributed by atoms with Crippen molar-refractivity contribution in [3.8, 4) is 0 Å². The molecular weight excluding hydrogens is 228 g/mol. The van der Waals surface area contributed by atoms with Crippen molar-refractivity contribution in [2.24, 2.45) is 0 Å². The van der Waals surface area contributed by atoms with Crippen LogP contribution in [0.3, 0.4) is 0 Å². The van der Waals surface area contributed by atoms with Crippen LogP contribution in [0, 0.1) is 0 Å². The topological polar surface area (TPSA) is 79.0 Å². The lowest BCUT2D eigenvalue weighted by molar-refractivity contribution is 0.248. The molecular formula is C10H14N2O3S. The Morgan fingerprint density at radius 3 is 2.50 bits per heavy atom. The molecule has 1 aromatic heterocycles. The fourth-order valence-corrected chi connectivity index (χ4v) is 3.19. The molecule has 0 aliphatic heterocycles. The van der Waals surface area contributed by atoms with E-state index in [1.807, 2.05) is 6.92 Å². The molecule has 0 unspecified atom stereocenters. The van der Waals surface area contributed by atoms with E-state index in [1.165, 1.54) is 18.3 Å². The molecule has 2 rings (SSSR count). The van der Waals surface area contributed by atoms with Gasteiger partial charge in [-0.3, -0.25) is 4.79 Å². The average molecular weight is 242 g/mol. The first kappa shape index (κ1) is 11.3. The van der Waals surface area contributed by atoms with Crippen LogP contribution in [0.1, 0.15) is 26.2 Å². The van der Waals surface area contributed by atoms with Gasteiger partial charge in [0.2, 0.25) is 15.6 Å². The van der Waals surface area contributed by atoms with Crippen molar-refractivity contribution < 1.29 is 8.42 Å². The van der Waals surface area contributed by atoms with Gasteiger partial charge in [0, 0.05) is 17.8 Å². The summed E-state index contributed by atoms with van der Waals surface area (Å²) < 4.78 is 26.5. The minimum atomic E-state index is -3.52. The second-order valence-electron chi connectivity index (χ2n) is 4.41. The van der Waals surface area contributed by atoms with Gasteiger partial charge in [-0.05, 0) is 32.3 Å². The van der Waals surface area contributed by atoms with Gasteiger partial charge in [0.05, 0.1) is 4.90 Å². The zero-order valence-corrected chi connectivity index (χ0v) is 9.80. The van der Waals surface area contributed by atoms with Gasteiger partial charge in [-0.1, -0.05) is 0 Å². The standard InChI is InChI=1S/C10H14N2O3S/c1-10(5-2-6-10)12-16(14,15)8-3-4-9(13)11-7-8/h3-4,7,12H,2,5-6H2,1H3,(H,11,13). The average Bonchev–Trinajstić information content (AvgIpc) is 2.15. The minimum Gasteiger partial charge on any atom is -0.328 e. The molecule has 0 aromatic carbocycles. The Morgan fingerprint density at radius 1 is 1.38 bits per heavy atom. The monoisotopic (exact) mass is 242 g/mol. The van der Waals surface area contributed by atoms with E-state index >= 15 is 0 Å². The van der Waals surface area contributed by atoms with Crippen molar-refractivity contribution in [3.63, 3.8) is 0 Å². The Morgan fingerprint density at radius 2 is 2.06 bits per heavy atom. The number of aromatic nitrogens is 1. The van der Waals surface area contributed by atoms with E-state index < -0.39 is 10.0 Å². The Labute approximate surface area is 93.9 Å². The maximum atomic E-state index is 11.9. The lowest BCUT2D eigenvalue weighted by Gasteiger charge is -2.38. The lowest BCUT2D eigenvalue weighted by Crippen LogP contribution is -2.50. The van der Waals surface area contributed by atoms with Gasteiger partial charge in [-0.15, -0.1) is 0 Å². The highest BCUT2D eigenvalue weighted by Gasteiger charge is 2.36. The highest BCUT2D eigenvalue weighted by Crippen LogP contribution is 2.32. The molecule has 1 aliphatic carbocycles. The van der Waals surface area contributed by atoms with Crippen molar-refractivity contribution in [2.75, 3.05) is 0 Å². The van der Waals surface area contributed by atoms with Crippen LogP contribution in [0.4, 0.5) is 0 Å². The van der Waals surface area contributed by atoms with Gasteiger partial charge in [-0.2, -0.15) is 0 Å². The molecule has 2 N–H and O–H groups in total. The summed E-state index contributed by atoms with van der Waals surface area (Å²) in [5.74, 6) is 0. The smallest absolute Gasteiger partial charge is 0.247 e. The first-order valence-electron chi connectivity index (χ1n) is 5.14. The number of aromatic amines is 1. The summed E-state index contributed by atoms with van der Waals surface area (Å²) in [5, 5.41) is 0. The van der Waals surface area contributed by atoms with Crippen LogP contribution in [-0.4, -0.2) is 18.9 Å². The summed E-state index contributed by atoms with van der Waals surface area (Å²) in [6.45, 7) is 1.89. The molecule has 0 bridgehead atoms. The summed E-state index contributed by atoms with van der Waals surface area (Å²) in [5.41, 5.74) is -0.636. The number of nitrogens with one attached hydrogen (secondary N) is 2. The predicted octanol–water partition coefficient (Wildman–Crippen LogP) is 0.596. The molecule has 0 amide bonds. The zero-order chi connectivity index (χ0) is 11.8. The van der Waals surface area contributed by atoms with E-state index in [-0.39, 0.29) is 16.0 Å². The number of rotatable bonds is 3. The molecule has 0 atom stereocenters. The molecule has 1 heterocycles. The van der Waals surface area contributed by atoms with E-state index in [9.17, 15) is 13.2 Å². The van der Waals surface area contributed by atoms with E-state index in [0.29, 0.717) is 0 Å². The van der Waals surface area contributed by atoms with Crippen molar-refractivity contribution in [2.45, 2.75) is 36.6 Å². The molecule has 6 heteroatoms. The molecule has 0 saturated heterocycles. The van der Waals surface area contributed by atoms with Crippen LogP contribution in [0.2, 0.25) is 0 Å². The Kier molecular flexibility index (Phi) is 2.63. The molecule has 0 radical (unpaired) electrons. The zero-order valence-electron chi connectivity index (χ0n) is 8.99. The van der Waals surface area contributed by atoms with Gasteiger partial charge in [-0.25, -0.2) is 13.1 Å². The maximum Gasteiger partial charge on any atom is 0.247 e. The van der Waals surface area contributed by atoms with Gasteiger partial charge in [0.1, 0.15) is 0 Å². The first-order chi connectivity index (χ1) is 7.41. The molecule has 0 spiro atoms. The van der Waals surface area contributed by atoms with Gasteiger partial charge >= 0.3 is 0 Å². The lowest BCUT2D eigenvalue weighted by atomic mass is 9.80. The summed E-state index contributed by atoms with van der Waals surface area (Å²) in [6, 6.07) is 2.51. The van der Waals surface area contributed by atoms with E-state index in [1.54, 1.807) is 0 Å². The summed E-state index contributed by atoms with van der Waals surface area (Å²) in [4.78, 5) is 13.3. The Hall–Kier alpha value is -1.14. The summed E-state index contributed by atoms with van der Waals surface area (Å²) in [6.07, 6.45) is 3.97. The number of hydrogen-bond acceptors (Lipinski definition) is 3. The second-order valence-corrected chi connectivity index (χ2v) is 6.09. The van der Waals surface area contributed by atoms with E-state index in [2.05, 4.69) is 9.71 Å². The van der Waals surface area contributed by atoms with E-state index in [0.717, 1.165) is 19.3 Å². The summed E-state index contributed by atoms with van der Waals surface area (Å²) in [7, 11) is -3.52. The molecule has 5 nitrogen and oxygen atoms in total. The molecule has 16 heavy (non-hydrogen) atoms. The minimum absolute atomic E-state index is 0.0974. The van der Waals surface area contributed by atoms with Crippen LogP contribution in [0.5, 0.6) is 0 Å². The van der Waals surface area contributed by atoms with Gasteiger partial charge in [0.15, 0.2) is 0 Å². The van der Waals surface area contributed by atoms with Crippen molar-refractivity contribution in [1.29, 1.82) is 0 Å². The van der Waals surface area contributed by atoms with Crippen molar-refractivity contribution >= 4 is 10.0 Å². The van der Waals surface area contributed by atoms with Crippen LogP contribution in [-0.2, 0) is 10.0 Å². The van der Waals surface area contributed by atoms with Crippen LogP contribution >= 0.6 is 0 Å². The SMILES string of the molecule is CC1(NS(=O)(=O)c2ccc(=O)[nH]c2)CCC1. The third-order valence-corrected chi connectivity index (χ3v) is 4.54. The molecule has 1 saturated carbocycles. The van der Waals surface area contributed by atoms with Crippen LogP contribution in [0.15, 0.2) is 28.0 Å². The largest absolute Gasteiger partial charge is 0.328 e. The Bertz CT molecular complexity index is 523. The van der Waals surface area contributed by atoms with Crippen LogP contribution in [0.25, 0.3) is 0 Å². The molecule has 1 aromatic rings. The molecule has 1 fully saturated rings. The van der Waals surface area contributed by atoms with Crippen molar-refractivity contribution in [3.05, 3.63) is 28.7 Å². The fraction of sp³-hybridized carbons (Fsp3) is 0.500. The fourth-order valence-electron chi connectivity index (χ4n) is 1.76. The highest BCUT2D eigenvalue weighted by molar-refractivity contribution is 7.89. The molecule has 88 valence electrons. The predicted molar refractivity (Wildman–Crippen MR) is 59.6 cm³/mol. The quantitative estimate of drug-likeness (QED) is 0.814. The van der Waals surface area contributed by atoms with Crippen molar-refractivity contribution in [1.82, 2.24) is 9.71 Å². The number of pyridine rings is 1. The van der Waals surface area contributed by atoms with Crippen LogP contribution < -0.4 is 10.3 Å². The molecule has 1 aliphatic rings. The number of H-pyrrole nitrogens is 1. The maximum absolute atomic E-state index is 11.9. The third kappa shape index (κ3) is 2.17. The van der Waals surface area contributed by atoms with Gasteiger partial charge < -0.3 is 4.98 Å². The Balaban J connectivity index is 2.25. The first-order valence-corrected chi connectivity index (χ1v) is 6.62. The summed E-state index contributed by atoms with van der Waals surface area (Å²) >= 11 is 0.